The SMILES string of the molecule is COc1ccc2cc(C(=O)NCC(CC(C)C)C(=O)O)c(C)nc2c1. The van der Waals surface area contributed by atoms with Crippen molar-refractivity contribution in [2.45, 2.75) is 27.2 Å². The summed E-state index contributed by atoms with van der Waals surface area (Å²) in [6, 6.07) is 7.23. The lowest BCUT2D eigenvalue weighted by molar-refractivity contribution is -0.142. The first-order valence-corrected chi connectivity index (χ1v) is 8.28. The molecule has 0 saturated heterocycles. The number of aryl methyl sites for hydroxylation is 1. The van der Waals surface area contributed by atoms with Gasteiger partial charge in [-0.15, -0.1) is 0 Å². The molecule has 6 heteroatoms. The maximum absolute atomic E-state index is 12.5. The first-order valence-electron chi connectivity index (χ1n) is 8.28. The van der Waals surface area contributed by atoms with Crippen LogP contribution in [0.25, 0.3) is 10.9 Å². The normalized spacial score (nSPS) is 12.2. The highest BCUT2D eigenvalue weighted by atomic mass is 16.5. The van der Waals surface area contributed by atoms with Crippen molar-refractivity contribution in [2.75, 3.05) is 13.7 Å². The van der Waals surface area contributed by atoms with E-state index in [1.54, 1.807) is 20.1 Å². The summed E-state index contributed by atoms with van der Waals surface area (Å²) in [5.41, 5.74) is 1.79. The highest BCUT2D eigenvalue weighted by molar-refractivity contribution is 5.98. The number of fused-ring (bicyclic) bond motifs is 1. The quantitative estimate of drug-likeness (QED) is 0.806. The van der Waals surface area contributed by atoms with Crippen LogP contribution < -0.4 is 10.1 Å². The average Bonchev–Trinajstić information content (AvgIpc) is 2.56. The van der Waals surface area contributed by atoms with E-state index in [-0.39, 0.29) is 18.4 Å². The van der Waals surface area contributed by atoms with Crippen molar-refractivity contribution >= 4 is 22.8 Å². The third-order valence-electron chi connectivity index (χ3n) is 4.07. The highest BCUT2D eigenvalue weighted by Crippen LogP contribution is 2.22. The number of rotatable bonds is 7. The summed E-state index contributed by atoms with van der Waals surface area (Å²) in [4.78, 5) is 28.2. The first-order chi connectivity index (χ1) is 11.8. The van der Waals surface area contributed by atoms with Crippen LogP contribution in [-0.4, -0.2) is 35.6 Å². The van der Waals surface area contributed by atoms with Gasteiger partial charge in [-0.1, -0.05) is 13.8 Å². The molecular weight excluding hydrogens is 320 g/mol. The van der Waals surface area contributed by atoms with E-state index in [1.807, 2.05) is 32.0 Å². The number of carboxylic acids is 1. The largest absolute Gasteiger partial charge is 0.497 e. The Balaban J connectivity index is 2.18. The number of aliphatic carboxylic acids is 1. The molecule has 0 aliphatic rings. The van der Waals surface area contributed by atoms with Gasteiger partial charge >= 0.3 is 5.97 Å². The number of aromatic nitrogens is 1. The zero-order valence-corrected chi connectivity index (χ0v) is 15.0. The molecule has 0 fully saturated rings. The summed E-state index contributed by atoms with van der Waals surface area (Å²) in [6.07, 6.45) is 0.518. The average molecular weight is 344 g/mol. The van der Waals surface area contributed by atoms with Crippen LogP contribution in [0.5, 0.6) is 5.75 Å². The van der Waals surface area contributed by atoms with E-state index in [0.29, 0.717) is 23.4 Å². The number of nitrogens with one attached hydrogen (secondary N) is 1. The molecule has 1 atom stereocenters. The molecule has 1 aromatic carbocycles. The fourth-order valence-electron chi connectivity index (χ4n) is 2.75. The van der Waals surface area contributed by atoms with Crippen LogP contribution in [0.3, 0.4) is 0 Å². The Morgan fingerprint density at radius 3 is 2.60 bits per heavy atom. The number of methoxy groups -OCH3 is 1. The Morgan fingerprint density at radius 1 is 1.28 bits per heavy atom. The maximum atomic E-state index is 12.5. The summed E-state index contributed by atoms with van der Waals surface area (Å²) in [5.74, 6) is -0.847. The van der Waals surface area contributed by atoms with Crippen LogP contribution in [0.15, 0.2) is 24.3 Å². The number of carbonyl (C=O) groups excluding carboxylic acids is 1. The van der Waals surface area contributed by atoms with E-state index < -0.39 is 11.9 Å². The Labute approximate surface area is 147 Å². The van der Waals surface area contributed by atoms with E-state index in [0.717, 1.165) is 10.9 Å². The molecule has 134 valence electrons. The van der Waals surface area contributed by atoms with Crippen LogP contribution in [0.1, 0.15) is 36.3 Å². The first kappa shape index (κ1) is 18.7. The fraction of sp³-hybridized carbons (Fsp3) is 0.421. The predicted molar refractivity (Wildman–Crippen MR) is 95.9 cm³/mol. The molecule has 1 aromatic heterocycles. The molecule has 2 N–H and O–H groups in total. The zero-order chi connectivity index (χ0) is 18.6. The van der Waals surface area contributed by atoms with Crippen LogP contribution in [0, 0.1) is 18.8 Å². The van der Waals surface area contributed by atoms with Crippen LogP contribution >= 0.6 is 0 Å². The number of amides is 1. The summed E-state index contributed by atoms with van der Waals surface area (Å²) >= 11 is 0. The lowest BCUT2D eigenvalue weighted by Crippen LogP contribution is -2.34. The standard InChI is InChI=1S/C19H24N2O4/c1-11(2)7-14(19(23)24)10-20-18(22)16-8-13-5-6-15(25-4)9-17(13)21-12(16)3/h5-6,8-9,11,14H,7,10H2,1-4H3,(H,20,22)(H,23,24). The van der Waals surface area contributed by atoms with Gasteiger partial charge in [0.25, 0.3) is 5.91 Å². The predicted octanol–water partition coefficient (Wildman–Crippen LogP) is 3.03. The van der Waals surface area contributed by atoms with Crippen molar-refractivity contribution in [3.05, 3.63) is 35.5 Å². The van der Waals surface area contributed by atoms with E-state index in [2.05, 4.69) is 10.3 Å². The van der Waals surface area contributed by atoms with Crippen molar-refractivity contribution in [2.24, 2.45) is 11.8 Å². The summed E-state index contributed by atoms with van der Waals surface area (Å²) in [6.45, 7) is 5.79. The van der Waals surface area contributed by atoms with Crippen molar-refractivity contribution < 1.29 is 19.4 Å². The van der Waals surface area contributed by atoms with Crippen LogP contribution in [0.2, 0.25) is 0 Å². The maximum Gasteiger partial charge on any atom is 0.308 e. The number of nitrogens with zero attached hydrogens (tertiary/aromatic N) is 1. The van der Waals surface area contributed by atoms with Gasteiger partial charge in [-0.3, -0.25) is 14.6 Å². The second-order valence-electron chi connectivity index (χ2n) is 6.55. The summed E-state index contributed by atoms with van der Waals surface area (Å²) < 4.78 is 5.18. The van der Waals surface area contributed by atoms with Crippen molar-refractivity contribution in [3.8, 4) is 5.75 Å². The summed E-state index contributed by atoms with van der Waals surface area (Å²) in [5, 5.41) is 12.8. The minimum Gasteiger partial charge on any atom is -0.497 e. The molecule has 0 aliphatic carbocycles. The van der Waals surface area contributed by atoms with E-state index in [4.69, 9.17) is 4.74 Å². The molecule has 6 nitrogen and oxygen atoms in total. The van der Waals surface area contributed by atoms with Gasteiger partial charge in [0.05, 0.1) is 29.8 Å². The number of hydrogen-bond donors (Lipinski definition) is 2. The lowest BCUT2D eigenvalue weighted by Gasteiger charge is -2.16. The van der Waals surface area contributed by atoms with Crippen molar-refractivity contribution in [1.29, 1.82) is 0 Å². The van der Waals surface area contributed by atoms with Gasteiger partial charge in [0.2, 0.25) is 0 Å². The molecule has 2 aromatic rings. The molecule has 0 radical (unpaired) electrons. The molecule has 0 saturated carbocycles. The third kappa shape index (κ3) is 4.68. The monoisotopic (exact) mass is 344 g/mol. The summed E-state index contributed by atoms with van der Waals surface area (Å²) in [7, 11) is 1.59. The molecule has 1 amide bonds. The third-order valence-corrected chi connectivity index (χ3v) is 4.07. The van der Waals surface area contributed by atoms with E-state index >= 15 is 0 Å². The molecule has 1 unspecified atom stereocenters. The number of carbonyl (C=O) groups is 2. The molecule has 0 spiro atoms. The van der Waals surface area contributed by atoms with Crippen LogP contribution in [0.4, 0.5) is 0 Å². The molecular formula is C19H24N2O4. The fourth-order valence-corrected chi connectivity index (χ4v) is 2.75. The number of hydrogen-bond acceptors (Lipinski definition) is 4. The van der Waals surface area contributed by atoms with E-state index in [1.165, 1.54) is 0 Å². The number of ether oxygens (including phenoxy) is 1. The minimum absolute atomic E-state index is 0.104. The van der Waals surface area contributed by atoms with Crippen molar-refractivity contribution in [1.82, 2.24) is 10.3 Å². The highest BCUT2D eigenvalue weighted by Gasteiger charge is 2.21. The number of benzene rings is 1. The number of carboxylic acid groups (broad SMARTS) is 1. The van der Waals surface area contributed by atoms with Crippen LogP contribution in [-0.2, 0) is 4.79 Å². The topological polar surface area (TPSA) is 88.5 Å². The molecule has 25 heavy (non-hydrogen) atoms. The Hall–Kier alpha value is -2.63. The molecule has 0 aliphatic heterocycles. The van der Waals surface area contributed by atoms with Gasteiger partial charge in [-0.05, 0) is 37.5 Å². The number of pyridine rings is 1. The van der Waals surface area contributed by atoms with Gasteiger partial charge in [0.1, 0.15) is 5.75 Å². The van der Waals surface area contributed by atoms with Gasteiger partial charge in [-0.2, -0.15) is 0 Å². The van der Waals surface area contributed by atoms with Gasteiger partial charge < -0.3 is 15.2 Å². The van der Waals surface area contributed by atoms with Crippen molar-refractivity contribution in [3.63, 3.8) is 0 Å². The zero-order valence-electron chi connectivity index (χ0n) is 15.0. The lowest BCUT2D eigenvalue weighted by atomic mass is 9.97. The minimum atomic E-state index is -0.894. The second-order valence-corrected chi connectivity index (χ2v) is 6.55. The smallest absolute Gasteiger partial charge is 0.308 e. The van der Waals surface area contributed by atoms with Gasteiger partial charge in [0.15, 0.2) is 0 Å². The van der Waals surface area contributed by atoms with Gasteiger partial charge in [-0.25, -0.2) is 0 Å². The van der Waals surface area contributed by atoms with Gasteiger partial charge in [0, 0.05) is 18.0 Å². The van der Waals surface area contributed by atoms with E-state index in [9.17, 15) is 14.7 Å². The Morgan fingerprint density at radius 2 is 2.00 bits per heavy atom. The Bertz CT molecular complexity index is 786. The molecule has 0 bridgehead atoms. The molecule has 2 rings (SSSR count). The Kier molecular flexibility index (Phi) is 5.96. The molecule has 1 heterocycles. The second kappa shape index (κ2) is 7.96.